The number of halogens is 1. The van der Waals surface area contributed by atoms with Crippen LogP contribution in [0.4, 0.5) is 4.39 Å². The van der Waals surface area contributed by atoms with E-state index in [1.807, 2.05) is 0 Å². The van der Waals surface area contributed by atoms with Crippen molar-refractivity contribution < 1.29 is 23.9 Å². The van der Waals surface area contributed by atoms with Gasteiger partial charge in [0.05, 0.1) is 0 Å². The van der Waals surface area contributed by atoms with E-state index in [0.29, 0.717) is 12.0 Å². The Bertz CT molecular complexity index is 826. The molecule has 0 atom stereocenters. The fourth-order valence-corrected chi connectivity index (χ4v) is 2.36. The van der Waals surface area contributed by atoms with Gasteiger partial charge in [0.25, 0.3) is 11.8 Å². The summed E-state index contributed by atoms with van der Waals surface area (Å²) in [5.74, 6) is -2.87. The van der Waals surface area contributed by atoms with Crippen molar-refractivity contribution >= 4 is 17.8 Å². The molecule has 142 valence electrons. The molecule has 0 unspecified atom stereocenters. The molecule has 1 aromatic heterocycles. The van der Waals surface area contributed by atoms with Crippen LogP contribution in [0.3, 0.4) is 0 Å². The topological polar surface area (TPSA) is 112 Å². The highest BCUT2D eigenvalue weighted by Crippen LogP contribution is 2.09. The fourth-order valence-electron chi connectivity index (χ4n) is 2.36. The first-order valence-electron chi connectivity index (χ1n) is 8.27. The van der Waals surface area contributed by atoms with Gasteiger partial charge in [-0.2, -0.15) is 0 Å². The average Bonchev–Trinajstić information content (AvgIpc) is 2.66. The van der Waals surface area contributed by atoms with Crippen molar-refractivity contribution in [2.45, 2.75) is 19.9 Å². The summed E-state index contributed by atoms with van der Waals surface area (Å²) in [6.07, 6.45) is 3.07. The third kappa shape index (κ3) is 5.56. The Balaban J connectivity index is 2.17. The van der Waals surface area contributed by atoms with Crippen molar-refractivity contribution in [3.8, 4) is 0 Å². The molecule has 0 spiro atoms. The molecule has 0 aliphatic heterocycles. The minimum Gasteiger partial charge on any atom is -0.480 e. The Kier molecular flexibility index (Phi) is 6.93. The largest absolute Gasteiger partial charge is 0.480 e. The molecular formula is C18H19FN4O4. The first-order chi connectivity index (χ1) is 12.9. The summed E-state index contributed by atoms with van der Waals surface area (Å²) in [6, 6.07) is 5.59. The number of amides is 2. The summed E-state index contributed by atoms with van der Waals surface area (Å²) in [4.78, 5) is 45.0. The number of aliphatic carboxylic acids is 1. The third-order valence-electron chi connectivity index (χ3n) is 3.59. The number of benzene rings is 1. The van der Waals surface area contributed by atoms with Crippen molar-refractivity contribution in [2.24, 2.45) is 0 Å². The van der Waals surface area contributed by atoms with Gasteiger partial charge in [0.15, 0.2) is 11.4 Å². The highest BCUT2D eigenvalue weighted by Gasteiger charge is 2.25. The molecule has 0 aliphatic carbocycles. The molecule has 0 aliphatic rings. The molecule has 2 rings (SSSR count). The summed E-state index contributed by atoms with van der Waals surface area (Å²) in [7, 11) is 0. The number of carbonyl (C=O) groups is 3. The minimum atomic E-state index is -1.16. The van der Waals surface area contributed by atoms with Gasteiger partial charge in [-0.1, -0.05) is 19.1 Å². The van der Waals surface area contributed by atoms with Crippen molar-refractivity contribution in [3.05, 3.63) is 59.4 Å². The van der Waals surface area contributed by atoms with Crippen molar-refractivity contribution in [1.82, 2.24) is 20.2 Å². The number of carboxylic acids is 1. The molecule has 0 saturated carbocycles. The number of hydrogen-bond donors (Lipinski definition) is 2. The van der Waals surface area contributed by atoms with E-state index in [-0.39, 0.29) is 30.3 Å². The van der Waals surface area contributed by atoms with E-state index in [1.54, 1.807) is 6.92 Å². The molecule has 27 heavy (non-hydrogen) atoms. The molecule has 2 amide bonds. The molecule has 1 aromatic carbocycles. The second kappa shape index (κ2) is 9.37. The Morgan fingerprint density at radius 1 is 1.11 bits per heavy atom. The number of hydrogen-bond acceptors (Lipinski definition) is 5. The van der Waals surface area contributed by atoms with Crippen molar-refractivity contribution in [2.75, 3.05) is 13.1 Å². The van der Waals surface area contributed by atoms with Gasteiger partial charge >= 0.3 is 5.97 Å². The lowest BCUT2D eigenvalue weighted by atomic mass is 10.2. The second-order valence-electron chi connectivity index (χ2n) is 5.68. The zero-order valence-electron chi connectivity index (χ0n) is 14.7. The highest BCUT2D eigenvalue weighted by molar-refractivity contribution is 6.05. The fraction of sp³-hybridized carbons (Fsp3) is 0.278. The predicted molar refractivity (Wildman–Crippen MR) is 93.4 cm³/mol. The van der Waals surface area contributed by atoms with Crippen LogP contribution in [0.15, 0.2) is 36.7 Å². The van der Waals surface area contributed by atoms with Crippen LogP contribution in [0.25, 0.3) is 0 Å². The third-order valence-corrected chi connectivity index (χ3v) is 3.59. The first-order valence-corrected chi connectivity index (χ1v) is 8.27. The zero-order valence-corrected chi connectivity index (χ0v) is 14.7. The number of carboxylic acid groups (broad SMARTS) is 1. The number of carbonyl (C=O) groups excluding carboxylic acids is 2. The maximum atomic E-state index is 12.9. The number of nitrogens with one attached hydrogen (secondary N) is 1. The lowest BCUT2D eigenvalue weighted by Gasteiger charge is -2.20. The monoisotopic (exact) mass is 374 g/mol. The number of rotatable bonds is 8. The van der Waals surface area contributed by atoms with E-state index < -0.39 is 24.3 Å². The normalized spacial score (nSPS) is 10.3. The molecule has 2 N–H and O–H groups in total. The van der Waals surface area contributed by atoms with Gasteiger partial charge in [-0.25, -0.2) is 14.4 Å². The second-order valence-corrected chi connectivity index (χ2v) is 5.68. The zero-order chi connectivity index (χ0) is 19.8. The minimum absolute atomic E-state index is 0.108. The smallest absolute Gasteiger partial charge is 0.323 e. The summed E-state index contributed by atoms with van der Waals surface area (Å²) >= 11 is 0. The molecule has 0 bridgehead atoms. The first kappa shape index (κ1) is 20.0. The molecule has 0 radical (unpaired) electrons. The van der Waals surface area contributed by atoms with Crippen LogP contribution in [0.5, 0.6) is 0 Å². The van der Waals surface area contributed by atoms with E-state index >= 15 is 0 Å². The Labute approximate surface area is 155 Å². The molecule has 0 saturated heterocycles. The Morgan fingerprint density at radius 2 is 1.74 bits per heavy atom. The quantitative estimate of drug-likeness (QED) is 0.724. The van der Waals surface area contributed by atoms with Gasteiger partial charge < -0.3 is 15.3 Å². The van der Waals surface area contributed by atoms with Crippen LogP contribution in [0.1, 0.15) is 39.9 Å². The molecule has 0 fully saturated rings. The van der Waals surface area contributed by atoms with Gasteiger partial charge in [0, 0.05) is 25.5 Å². The number of aromatic nitrogens is 2. The Hall–Kier alpha value is -3.36. The van der Waals surface area contributed by atoms with Gasteiger partial charge in [-0.3, -0.25) is 14.4 Å². The van der Waals surface area contributed by atoms with Crippen molar-refractivity contribution in [1.29, 1.82) is 0 Å². The standard InChI is InChI=1S/C18H19FN4O4/c1-2-9-23(11-14(24)25)18(27)16-15(20-7-8-21-16)17(26)22-10-12-3-5-13(19)6-4-12/h3-8H,2,9-11H2,1H3,(H,22,26)(H,24,25). The van der Waals surface area contributed by atoms with Gasteiger partial charge in [0.1, 0.15) is 12.4 Å². The van der Waals surface area contributed by atoms with Gasteiger partial charge in [-0.15, -0.1) is 0 Å². The molecule has 1 heterocycles. The van der Waals surface area contributed by atoms with Gasteiger partial charge in [0.2, 0.25) is 0 Å². The van der Waals surface area contributed by atoms with E-state index in [1.165, 1.54) is 36.7 Å². The predicted octanol–water partition coefficient (Wildman–Crippen LogP) is 1.48. The lowest BCUT2D eigenvalue weighted by Crippen LogP contribution is -2.38. The summed E-state index contributed by atoms with van der Waals surface area (Å²) in [5, 5.41) is 11.6. The SMILES string of the molecule is CCCN(CC(=O)O)C(=O)c1nccnc1C(=O)NCc1ccc(F)cc1. The van der Waals surface area contributed by atoms with Gasteiger partial charge in [-0.05, 0) is 24.1 Å². The van der Waals surface area contributed by atoms with Crippen LogP contribution in [-0.4, -0.2) is 50.8 Å². The Morgan fingerprint density at radius 3 is 2.33 bits per heavy atom. The molecule has 8 nitrogen and oxygen atoms in total. The van der Waals surface area contributed by atoms with Crippen LogP contribution in [0, 0.1) is 5.82 Å². The average molecular weight is 374 g/mol. The molecule has 2 aromatic rings. The van der Waals surface area contributed by atoms with Crippen LogP contribution in [0.2, 0.25) is 0 Å². The summed E-state index contributed by atoms with van der Waals surface area (Å²) < 4.78 is 12.9. The molecular weight excluding hydrogens is 355 g/mol. The number of nitrogens with zero attached hydrogens (tertiary/aromatic N) is 3. The van der Waals surface area contributed by atoms with Crippen LogP contribution in [-0.2, 0) is 11.3 Å². The van der Waals surface area contributed by atoms with E-state index in [2.05, 4.69) is 15.3 Å². The van der Waals surface area contributed by atoms with Crippen LogP contribution < -0.4 is 5.32 Å². The molecule has 9 heteroatoms. The maximum absolute atomic E-state index is 12.9. The highest BCUT2D eigenvalue weighted by atomic mass is 19.1. The summed E-state index contributed by atoms with van der Waals surface area (Å²) in [5.41, 5.74) is 0.250. The van der Waals surface area contributed by atoms with E-state index in [9.17, 15) is 18.8 Å². The van der Waals surface area contributed by atoms with Crippen molar-refractivity contribution in [3.63, 3.8) is 0 Å². The summed E-state index contributed by atoms with van der Waals surface area (Å²) in [6.45, 7) is 1.62. The van der Waals surface area contributed by atoms with E-state index in [0.717, 1.165) is 4.90 Å². The lowest BCUT2D eigenvalue weighted by molar-refractivity contribution is -0.137. The van der Waals surface area contributed by atoms with E-state index in [4.69, 9.17) is 5.11 Å². The maximum Gasteiger partial charge on any atom is 0.323 e. The van der Waals surface area contributed by atoms with Crippen LogP contribution >= 0.6 is 0 Å².